The molecular weight excluding hydrogens is 310 g/mol. The van der Waals surface area contributed by atoms with E-state index in [-0.39, 0.29) is 12.1 Å². The van der Waals surface area contributed by atoms with E-state index in [1.54, 1.807) is 11.3 Å². The molecule has 0 N–H and O–H groups in total. The molecule has 1 amide bonds. The summed E-state index contributed by atoms with van der Waals surface area (Å²) < 4.78 is 6.75. The molecule has 2 aliphatic rings. The van der Waals surface area contributed by atoms with Gasteiger partial charge in [-0.3, -0.25) is 4.98 Å². The number of carbonyl (C=O) groups excluding carboxylic acids is 1. The van der Waals surface area contributed by atoms with Crippen LogP contribution >= 0.6 is 11.3 Å². The number of hydrogen-bond donors (Lipinski definition) is 0. The second-order valence-corrected chi connectivity index (χ2v) is 8.21. The molecule has 122 valence electrons. The molecule has 0 aromatic carbocycles. The molecular formula is C17H21N3O2S. The molecule has 4 rings (SSSR count). The number of ether oxygens (including phenoxy) is 1. The predicted molar refractivity (Wildman–Crippen MR) is 92.1 cm³/mol. The van der Waals surface area contributed by atoms with E-state index in [4.69, 9.17) is 4.74 Å². The minimum absolute atomic E-state index is 0.182. The van der Waals surface area contributed by atoms with Crippen molar-refractivity contribution in [1.29, 1.82) is 0 Å². The molecule has 2 fully saturated rings. The van der Waals surface area contributed by atoms with Crippen LogP contribution in [0.15, 0.2) is 23.7 Å². The van der Waals surface area contributed by atoms with Crippen LogP contribution in [0.2, 0.25) is 0 Å². The molecule has 0 saturated carbocycles. The number of hydrogen-bond acceptors (Lipinski definition) is 5. The maximum Gasteiger partial charge on any atom is 0.410 e. The van der Waals surface area contributed by atoms with Crippen LogP contribution in [-0.2, 0) is 4.74 Å². The molecule has 0 aliphatic carbocycles. The highest BCUT2D eigenvalue weighted by molar-refractivity contribution is 7.17. The zero-order valence-corrected chi connectivity index (χ0v) is 14.5. The van der Waals surface area contributed by atoms with Crippen LogP contribution < -0.4 is 4.90 Å². The molecule has 4 heterocycles. The highest BCUT2D eigenvalue weighted by atomic mass is 32.1. The van der Waals surface area contributed by atoms with E-state index in [1.165, 1.54) is 10.4 Å². The number of aromatic nitrogens is 1. The van der Waals surface area contributed by atoms with Crippen molar-refractivity contribution in [3.05, 3.63) is 23.7 Å². The van der Waals surface area contributed by atoms with Crippen molar-refractivity contribution >= 4 is 33.3 Å². The Balaban J connectivity index is 1.52. The van der Waals surface area contributed by atoms with Gasteiger partial charge in [0.05, 0.1) is 16.4 Å². The Kier molecular flexibility index (Phi) is 3.27. The van der Waals surface area contributed by atoms with Crippen molar-refractivity contribution in [3.63, 3.8) is 0 Å². The standard InChI is InChI=1S/C17H21N3O2S/c1-17(2,3)22-16(21)20-9-11-7-12(20)8-19(11)13-10-23-14-5-4-6-18-15(13)14/h4-6,10-12H,7-9H2,1-3H3/t11-,12-/m0/s1. The van der Waals surface area contributed by atoms with E-state index < -0.39 is 5.60 Å². The van der Waals surface area contributed by atoms with Crippen LogP contribution in [-0.4, -0.2) is 46.8 Å². The lowest BCUT2D eigenvalue weighted by Gasteiger charge is -2.35. The number of amides is 1. The fraction of sp³-hybridized carbons (Fsp3) is 0.529. The summed E-state index contributed by atoms with van der Waals surface area (Å²) in [4.78, 5) is 21.2. The normalized spacial score (nSPS) is 23.8. The van der Waals surface area contributed by atoms with Gasteiger partial charge in [-0.15, -0.1) is 11.3 Å². The van der Waals surface area contributed by atoms with Gasteiger partial charge in [0.15, 0.2) is 0 Å². The summed E-state index contributed by atoms with van der Waals surface area (Å²) in [5.41, 5.74) is 1.85. The maximum atomic E-state index is 12.3. The molecule has 0 radical (unpaired) electrons. The number of fused-ring (bicyclic) bond motifs is 3. The molecule has 2 aromatic heterocycles. The minimum atomic E-state index is -0.438. The number of pyridine rings is 1. The second-order valence-electron chi connectivity index (χ2n) is 7.30. The summed E-state index contributed by atoms with van der Waals surface area (Å²) in [6.45, 7) is 7.34. The zero-order valence-electron chi connectivity index (χ0n) is 13.7. The fourth-order valence-corrected chi connectivity index (χ4v) is 4.47. The average molecular weight is 331 g/mol. The minimum Gasteiger partial charge on any atom is -0.444 e. The number of anilines is 1. The van der Waals surface area contributed by atoms with Crippen LogP contribution in [0.3, 0.4) is 0 Å². The summed E-state index contributed by atoms with van der Waals surface area (Å²) in [6, 6.07) is 4.70. The summed E-state index contributed by atoms with van der Waals surface area (Å²) in [7, 11) is 0. The van der Waals surface area contributed by atoms with E-state index in [0.717, 1.165) is 25.0 Å². The van der Waals surface area contributed by atoms with Gasteiger partial charge in [0.2, 0.25) is 0 Å². The van der Waals surface area contributed by atoms with Crippen molar-refractivity contribution < 1.29 is 9.53 Å². The third-order valence-corrected chi connectivity index (χ3v) is 5.41. The number of thiophene rings is 1. The molecule has 23 heavy (non-hydrogen) atoms. The predicted octanol–water partition coefficient (Wildman–Crippen LogP) is 3.49. The number of carbonyl (C=O) groups is 1. The van der Waals surface area contributed by atoms with Crippen molar-refractivity contribution in [2.75, 3.05) is 18.0 Å². The average Bonchev–Trinajstić information content (AvgIpc) is 3.18. The van der Waals surface area contributed by atoms with Crippen LogP contribution in [0.5, 0.6) is 0 Å². The number of likely N-dealkylation sites (tertiary alicyclic amines) is 1. The molecule has 5 nitrogen and oxygen atoms in total. The molecule has 0 spiro atoms. The lowest BCUT2D eigenvalue weighted by Crippen LogP contribution is -2.50. The van der Waals surface area contributed by atoms with Gasteiger partial charge in [0, 0.05) is 30.7 Å². The number of nitrogens with zero attached hydrogens (tertiary/aromatic N) is 3. The van der Waals surface area contributed by atoms with Gasteiger partial charge in [-0.25, -0.2) is 4.79 Å². The largest absolute Gasteiger partial charge is 0.444 e. The van der Waals surface area contributed by atoms with Gasteiger partial charge in [0.1, 0.15) is 11.1 Å². The first kappa shape index (κ1) is 14.8. The molecule has 0 unspecified atom stereocenters. The van der Waals surface area contributed by atoms with Gasteiger partial charge in [0.25, 0.3) is 0 Å². The zero-order chi connectivity index (χ0) is 16.2. The molecule has 2 aliphatic heterocycles. The lowest BCUT2D eigenvalue weighted by atomic mass is 10.2. The van der Waals surface area contributed by atoms with E-state index >= 15 is 0 Å². The maximum absolute atomic E-state index is 12.3. The lowest BCUT2D eigenvalue weighted by molar-refractivity contribution is 0.0215. The van der Waals surface area contributed by atoms with E-state index in [1.807, 2.05) is 37.9 Å². The van der Waals surface area contributed by atoms with Crippen LogP contribution in [0.25, 0.3) is 10.2 Å². The third-order valence-electron chi connectivity index (χ3n) is 4.49. The smallest absolute Gasteiger partial charge is 0.410 e. The van der Waals surface area contributed by atoms with Crippen molar-refractivity contribution in [3.8, 4) is 0 Å². The topological polar surface area (TPSA) is 45.7 Å². The molecule has 2 atom stereocenters. The van der Waals surface area contributed by atoms with Crippen LogP contribution in [0, 0.1) is 0 Å². The van der Waals surface area contributed by atoms with Crippen molar-refractivity contribution in [1.82, 2.24) is 9.88 Å². The summed E-state index contributed by atoms with van der Waals surface area (Å²) >= 11 is 1.73. The third kappa shape index (κ3) is 2.55. The highest BCUT2D eigenvalue weighted by Crippen LogP contribution is 2.40. The Morgan fingerprint density at radius 1 is 1.35 bits per heavy atom. The Hall–Kier alpha value is -1.82. The first-order valence-corrected chi connectivity index (χ1v) is 8.89. The molecule has 2 saturated heterocycles. The number of rotatable bonds is 1. The van der Waals surface area contributed by atoms with Crippen LogP contribution in [0.1, 0.15) is 27.2 Å². The molecule has 2 aromatic rings. The fourth-order valence-electron chi connectivity index (χ4n) is 3.56. The second kappa shape index (κ2) is 5.09. The number of piperazine rings is 1. The van der Waals surface area contributed by atoms with Gasteiger partial charge in [-0.1, -0.05) is 0 Å². The van der Waals surface area contributed by atoms with E-state index in [0.29, 0.717) is 6.04 Å². The van der Waals surface area contributed by atoms with Crippen molar-refractivity contribution in [2.45, 2.75) is 44.9 Å². The van der Waals surface area contributed by atoms with E-state index in [2.05, 4.69) is 21.3 Å². The first-order chi connectivity index (χ1) is 10.9. The quantitative estimate of drug-likeness (QED) is 0.802. The van der Waals surface area contributed by atoms with Gasteiger partial charge in [-0.2, -0.15) is 0 Å². The summed E-state index contributed by atoms with van der Waals surface area (Å²) in [5, 5.41) is 2.19. The first-order valence-electron chi connectivity index (χ1n) is 8.01. The van der Waals surface area contributed by atoms with Crippen molar-refractivity contribution in [2.24, 2.45) is 0 Å². The van der Waals surface area contributed by atoms with Gasteiger partial charge >= 0.3 is 6.09 Å². The van der Waals surface area contributed by atoms with Crippen LogP contribution in [0.4, 0.5) is 10.5 Å². The van der Waals surface area contributed by atoms with E-state index in [9.17, 15) is 4.79 Å². The van der Waals surface area contributed by atoms with Gasteiger partial charge < -0.3 is 14.5 Å². The summed E-state index contributed by atoms with van der Waals surface area (Å²) in [6.07, 6.45) is 2.68. The molecule has 2 bridgehead atoms. The van der Waals surface area contributed by atoms with Gasteiger partial charge in [-0.05, 0) is 39.3 Å². The molecule has 6 heteroatoms. The summed E-state index contributed by atoms with van der Waals surface area (Å²) in [5.74, 6) is 0. The Morgan fingerprint density at radius 2 is 2.17 bits per heavy atom. The Labute approximate surface area is 139 Å². The SMILES string of the molecule is CC(C)(C)OC(=O)N1C[C@@H]2C[C@H]1CN2c1csc2cccnc12. The monoisotopic (exact) mass is 331 g/mol. The Morgan fingerprint density at radius 3 is 2.87 bits per heavy atom. The Bertz CT molecular complexity index is 752. The highest BCUT2D eigenvalue weighted by Gasteiger charge is 2.47.